The van der Waals surface area contributed by atoms with Crippen LogP contribution in [0.5, 0.6) is 0 Å². The quantitative estimate of drug-likeness (QED) is 0.135. The number of carbonyl (C=O) groups is 3. The smallest absolute Gasteiger partial charge is 0.407 e. The minimum absolute atomic E-state index is 0.0388. The molecule has 55 heavy (non-hydrogen) atoms. The molecule has 0 saturated carbocycles. The van der Waals surface area contributed by atoms with Crippen molar-refractivity contribution in [3.63, 3.8) is 0 Å². The summed E-state index contributed by atoms with van der Waals surface area (Å²) in [6, 6.07) is 35.0. The second-order valence-electron chi connectivity index (χ2n) is 14.4. The zero-order valence-corrected chi connectivity index (χ0v) is 30.8. The molecule has 0 spiro atoms. The molecule has 3 amide bonds. The first-order valence-electron chi connectivity index (χ1n) is 19.0. The van der Waals surface area contributed by atoms with E-state index >= 15 is 0 Å². The number of aromatic amines is 2. The van der Waals surface area contributed by atoms with E-state index in [1.807, 2.05) is 73.1 Å². The molecule has 2 fully saturated rings. The summed E-state index contributed by atoms with van der Waals surface area (Å²) < 4.78 is 4.83. The van der Waals surface area contributed by atoms with Gasteiger partial charge in [-0.05, 0) is 33.4 Å². The van der Waals surface area contributed by atoms with Gasteiger partial charge < -0.3 is 20.0 Å². The van der Waals surface area contributed by atoms with Gasteiger partial charge >= 0.3 is 17.9 Å². The number of aromatic nitrogens is 4. The maximum atomic E-state index is 13.9. The van der Waals surface area contributed by atoms with Gasteiger partial charge in [-0.25, -0.2) is 24.4 Å². The van der Waals surface area contributed by atoms with Crippen LogP contribution in [0.3, 0.4) is 0 Å². The Hall–Kier alpha value is -6.17. The van der Waals surface area contributed by atoms with Crippen LogP contribution in [0.25, 0.3) is 33.6 Å². The number of nitrogens with zero attached hydrogens (tertiary/aromatic N) is 2. The number of alkyl carbamates (subject to hydrolysis) is 1. The van der Waals surface area contributed by atoms with Crippen molar-refractivity contribution in [3.8, 4) is 33.6 Å². The van der Waals surface area contributed by atoms with Gasteiger partial charge in [0, 0.05) is 25.7 Å². The highest BCUT2D eigenvalue weighted by atomic mass is 16.5. The van der Waals surface area contributed by atoms with E-state index in [2.05, 4.69) is 63.8 Å². The third-order valence-corrected chi connectivity index (χ3v) is 11.0. The minimum Gasteiger partial charge on any atom is -0.453 e. The Morgan fingerprint density at radius 3 is 1.73 bits per heavy atom. The fourth-order valence-electron chi connectivity index (χ4n) is 8.13. The Kier molecular flexibility index (Phi) is 10.5. The molecule has 278 valence electrons. The third kappa shape index (κ3) is 7.75. The highest BCUT2D eigenvalue weighted by Gasteiger charge is 2.42. The van der Waals surface area contributed by atoms with Crippen LogP contribution in [0.15, 0.2) is 122 Å². The van der Waals surface area contributed by atoms with Crippen molar-refractivity contribution in [1.82, 2.24) is 25.3 Å². The first-order chi connectivity index (χ1) is 26.9. The zero-order valence-electron chi connectivity index (χ0n) is 30.8. The average Bonchev–Trinajstić information content (AvgIpc) is 4.08. The summed E-state index contributed by atoms with van der Waals surface area (Å²) in [5, 5.41) is 2.74. The number of amides is 3. The Bertz CT molecular complexity index is 2250. The van der Waals surface area contributed by atoms with Crippen LogP contribution < -0.4 is 15.1 Å². The number of hydrogen-bond acceptors (Lipinski definition) is 6. The van der Waals surface area contributed by atoms with E-state index in [1.165, 1.54) is 7.11 Å². The van der Waals surface area contributed by atoms with E-state index in [9.17, 15) is 14.4 Å². The molecule has 0 aliphatic carbocycles. The molecular formula is C44H45N7O4+2. The van der Waals surface area contributed by atoms with Crippen LogP contribution in [-0.2, 0) is 20.7 Å². The average molecular weight is 736 g/mol. The normalized spacial score (nSPS) is 19.9. The number of quaternary nitrogens is 2. The number of benzene rings is 4. The topological polar surface area (TPSA) is 139 Å². The van der Waals surface area contributed by atoms with Gasteiger partial charge in [0.2, 0.25) is 0 Å². The fraction of sp³-hybridized carbons (Fsp3) is 0.250. The van der Waals surface area contributed by atoms with E-state index in [1.54, 1.807) is 0 Å². The lowest BCUT2D eigenvalue weighted by Crippen LogP contribution is -3.14. The van der Waals surface area contributed by atoms with Crippen molar-refractivity contribution in [2.24, 2.45) is 0 Å². The lowest BCUT2D eigenvalue weighted by atomic mass is 10.0. The minimum atomic E-state index is -0.830. The van der Waals surface area contributed by atoms with Gasteiger partial charge in [0.25, 0.3) is 0 Å². The van der Waals surface area contributed by atoms with Gasteiger partial charge in [0.15, 0.2) is 29.8 Å². The zero-order chi connectivity index (χ0) is 37.7. The van der Waals surface area contributed by atoms with Crippen molar-refractivity contribution < 1.29 is 28.9 Å². The molecule has 8 rings (SSSR count). The van der Waals surface area contributed by atoms with Crippen LogP contribution >= 0.6 is 0 Å². The summed E-state index contributed by atoms with van der Waals surface area (Å²) in [5.41, 5.74) is 7.79. The molecule has 0 radical (unpaired) electrons. The van der Waals surface area contributed by atoms with Gasteiger partial charge in [0.1, 0.15) is 0 Å². The summed E-state index contributed by atoms with van der Waals surface area (Å²) >= 11 is 0. The van der Waals surface area contributed by atoms with Gasteiger partial charge in [0.05, 0.1) is 50.4 Å². The Labute approximate surface area is 319 Å². The van der Waals surface area contributed by atoms with Crippen molar-refractivity contribution in [3.05, 3.63) is 144 Å². The van der Waals surface area contributed by atoms with Crippen molar-refractivity contribution in [2.75, 3.05) is 20.2 Å². The monoisotopic (exact) mass is 735 g/mol. The molecular weight excluding hydrogens is 691 g/mol. The number of H-pyrrole nitrogens is 2. The Morgan fingerprint density at radius 2 is 1.18 bits per heavy atom. The predicted molar refractivity (Wildman–Crippen MR) is 208 cm³/mol. The largest absolute Gasteiger partial charge is 0.453 e. The molecule has 4 heterocycles. The molecule has 5 N–H and O–H groups in total. The Balaban J connectivity index is 0.921. The molecule has 0 bridgehead atoms. The van der Waals surface area contributed by atoms with Crippen LogP contribution in [0, 0.1) is 0 Å². The van der Waals surface area contributed by atoms with E-state index in [0.717, 1.165) is 92.9 Å². The summed E-state index contributed by atoms with van der Waals surface area (Å²) in [6.45, 7) is 1.48. The van der Waals surface area contributed by atoms with Gasteiger partial charge in [-0.2, -0.15) is 0 Å². The summed E-state index contributed by atoms with van der Waals surface area (Å²) in [5.74, 6) is 1.72. The molecule has 2 aliphatic rings. The maximum Gasteiger partial charge on any atom is 0.407 e. The second kappa shape index (κ2) is 16.1. The first kappa shape index (κ1) is 35.8. The number of imidazole rings is 2. The highest BCUT2D eigenvalue weighted by molar-refractivity contribution is 5.81. The molecule has 5 atom stereocenters. The third-order valence-electron chi connectivity index (χ3n) is 11.0. The number of nitrogens with one attached hydrogen (secondary N) is 5. The standard InChI is InChI=1S/C44H43N7O4/c1-55-44(54)49-40(34-12-6-3-7-13-34)43(53)51-25-9-15-38(51)42-46-28-36(48-42)33-22-18-31(19-23-33)30-16-20-32(21-17-30)35-27-45-41(47-35)37-14-8-24-50(37)39(52)26-29-10-4-2-5-11-29/h2-7,10-13,16-23,27-28,37-38,40H,8-9,14-15,24-26H2,1H3,(H,45,47)(H,46,48)(H,49,54)/p+2/t37?,38?,40-/m1/s1. The fourth-order valence-corrected chi connectivity index (χ4v) is 8.13. The molecule has 2 aliphatic heterocycles. The van der Waals surface area contributed by atoms with E-state index in [0.29, 0.717) is 18.5 Å². The highest BCUT2D eigenvalue weighted by Crippen LogP contribution is 2.29. The van der Waals surface area contributed by atoms with E-state index < -0.39 is 12.1 Å². The lowest BCUT2D eigenvalue weighted by molar-refractivity contribution is -0.841. The number of likely N-dealkylation sites (tertiary alicyclic amines) is 2. The number of rotatable bonds is 10. The summed E-state index contributed by atoms with van der Waals surface area (Å²) in [6.07, 6.45) is 7.09. The van der Waals surface area contributed by atoms with Crippen molar-refractivity contribution in [1.29, 1.82) is 0 Å². The lowest BCUT2D eigenvalue weighted by Gasteiger charge is -2.23. The van der Waals surface area contributed by atoms with Crippen LogP contribution in [0.4, 0.5) is 4.79 Å². The van der Waals surface area contributed by atoms with E-state index in [-0.39, 0.29) is 23.9 Å². The second-order valence-corrected chi connectivity index (χ2v) is 14.4. The summed E-state index contributed by atoms with van der Waals surface area (Å²) in [4.78, 5) is 57.5. The molecule has 11 heteroatoms. The molecule has 2 saturated heterocycles. The predicted octanol–water partition coefficient (Wildman–Crippen LogP) is 4.97. The first-order valence-corrected chi connectivity index (χ1v) is 19.0. The van der Waals surface area contributed by atoms with Crippen molar-refractivity contribution in [2.45, 2.75) is 50.2 Å². The summed E-state index contributed by atoms with van der Waals surface area (Å²) in [7, 11) is 1.29. The van der Waals surface area contributed by atoms with Gasteiger partial charge in [-0.1, -0.05) is 109 Å². The molecule has 4 unspecified atom stereocenters. The molecule has 6 aromatic rings. The van der Waals surface area contributed by atoms with Crippen molar-refractivity contribution >= 4 is 17.9 Å². The van der Waals surface area contributed by atoms with Crippen LogP contribution in [0.1, 0.15) is 66.6 Å². The number of carbonyl (C=O) groups excluding carboxylic acids is 3. The maximum absolute atomic E-state index is 13.9. The van der Waals surface area contributed by atoms with Crippen LogP contribution in [0.2, 0.25) is 0 Å². The Morgan fingerprint density at radius 1 is 0.691 bits per heavy atom. The van der Waals surface area contributed by atoms with E-state index in [4.69, 9.17) is 14.7 Å². The molecule has 4 aromatic carbocycles. The molecule has 11 nitrogen and oxygen atoms in total. The molecule has 2 aromatic heterocycles. The number of ether oxygens (including phenoxy) is 1. The SMILES string of the molecule is COC(=O)N[C@@H](C(=O)[NH+]1CCCC1c1ncc(-c2ccc(-c3ccc(-c4cnc(C5CCC[NH+]5C(=O)Cc5ccccc5)[nH]4)cc3)cc2)[nH]1)c1ccccc1. The number of hydrogen-bond donors (Lipinski definition) is 5. The van der Waals surface area contributed by atoms with Gasteiger partial charge in [-0.15, -0.1) is 0 Å². The van der Waals surface area contributed by atoms with Crippen LogP contribution in [-0.4, -0.2) is 58.0 Å². The number of methoxy groups -OCH3 is 1. The van der Waals surface area contributed by atoms with Gasteiger partial charge in [-0.3, -0.25) is 9.80 Å².